The molecule has 1 heterocycles. The molecule has 140 valence electrons. The lowest BCUT2D eigenvalue weighted by molar-refractivity contribution is 0.840. The summed E-state index contributed by atoms with van der Waals surface area (Å²) in [6, 6.07) is 23.1. The fourth-order valence-electron chi connectivity index (χ4n) is 2.91. The lowest BCUT2D eigenvalue weighted by Gasteiger charge is -2.20. The number of likely N-dealkylation sites (N-methyl/N-ethyl adjacent to an activating group) is 1. The average Bonchev–Trinajstić information content (AvgIpc) is 3.15. The predicted molar refractivity (Wildman–Crippen MR) is 116 cm³/mol. The van der Waals surface area contributed by atoms with Gasteiger partial charge in [-0.1, -0.05) is 58.7 Å². The topological polar surface area (TPSA) is 46.3 Å². The van der Waals surface area contributed by atoms with E-state index in [-0.39, 0.29) is 0 Å². The fourth-order valence-corrected chi connectivity index (χ4v) is 3.23. The molecule has 0 radical (unpaired) electrons. The first-order chi connectivity index (χ1) is 13.6. The number of hydrogen-bond acceptors (Lipinski definition) is 4. The first-order valence-corrected chi connectivity index (χ1v) is 9.47. The predicted octanol–water partition coefficient (Wildman–Crippen LogP) is 5.45. The molecule has 0 saturated carbocycles. The van der Waals surface area contributed by atoms with Gasteiger partial charge in [-0.3, -0.25) is 0 Å². The number of aromatic nitrogens is 3. The van der Waals surface area contributed by atoms with E-state index < -0.39 is 0 Å². The summed E-state index contributed by atoms with van der Waals surface area (Å²) in [6.07, 6.45) is 0. The number of anilines is 1. The van der Waals surface area contributed by atoms with E-state index in [4.69, 9.17) is 28.2 Å². The van der Waals surface area contributed by atoms with Crippen LogP contribution in [0.25, 0.3) is 11.0 Å². The van der Waals surface area contributed by atoms with Crippen molar-refractivity contribution >= 4 is 51.4 Å². The molecule has 0 unspecified atom stereocenters. The van der Waals surface area contributed by atoms with Crippen molar-refractivity contribution in [2.24, 2.45) is 4.99 Å². The third-order valence-corrected chi connectivity index (χ3v) is 4.88. The zero-order valence-corrected chi connectivity index (χ0v) is 16.6. The second-order valence-corrected chi connectivity index (χ2v) is 7.15. The molecule has 28 heavy (non-hydrogen) atoms. The molecule has 0 fully saturated rings. The highest BCUT2D eigenvalue weighted by atomic mass is 35.5. The Bertz CT molecular complexity index is 1140. The van der Waals surface area contributed by atoms with Crippen molar-refractivity contribution < 1.29 is 0 Å². The number of para-hydroxylation sites is 2. The van der Waals surface area contributed by atoms with Crippen molar-refractivity contribution in [1.29, 1.82) is 0 Å². The van der Waals surface area contributed by atoms with Gasteiger partial charge in [0.2, 0.25) is 0 Å². The van der Waals surface area contributed by atoms with Gasteiger partial charge in [0, 0.05) is 17.8 Å². The average molecular weight is 410 g/mol. The van der Waals surface area contributed by atoms with Crippen molar-refractivity contribution in [2.45, 2.75) is 0 Å². The van der Waals surface area contributed by atoms with Crippen LogP contribution in [0.3, 0.4) is 0 Å². The van der Waals surface area contributed by atoms with Crippen molar-refractivity contribution in [2.75, 3.05) is 18.5 Å². The maximum absolute atomic E-state index is 6.35. The minimum atomic E-state index is 0.500. The second-order valence-electron chi connectivity index (χ2n) is 6.31. The molecule has 4 aromatic rings. The van der Waals surface area contributed by atoms with Gasteiger partial charge < -0.3 is 4.90 Å². The van der Waals surface area contributed by atoms with Gasteiger partial charge in [0.05, 0.1) is 22.8 Å². The first-order valence-electron chi connectivity index (χ1n) is 8.71. The first kappa shape index (κ1) is 18.5. The summed E-state index contributed by atoms with van der Waals surface area (Å²) in [5.41, 5.74) is 3.33. The van der Waals surface area contributed by atoms with E-state index in [9.17, 15) is 0 Å². The van der Waals surface area contributed by atoms with Crippen LogP contribution in [0.15, 0.2) is 77.8 Å². The van der Waals surface area contributed by atoms with Crippen LogP contribution in [0.5, 0.6) is 0 Å². The Morgan fingerprint density at radius 3 is 2.57 bits per heavy atom. The molecule has 0 amide bonds. The molecule has 5 nitrogen and oxygen atoms in total. The molecule has 7 heteroatoms. The summed E-state index contributed by atoms with van der Waals surface area (Å²) in [7, 11) is 2.00. The summed E-state index contributed by atoms with van der Waals surface area (Å²) < 4.78 is 1.74. The number of benzene rings is 3. The molecule has 0 aliphatic heterocycles. The fraction of sp³-hybridized carbons (Fsp3) is 0.0952. The van der Waals surface area contributed by atoms with Crippen molar-refractivity contribution in [3.63, 3.8) is 0 Å². The van der Waals surface area contributed by atoms with Crippen LogP contribution in [0, 0.1) is 0 Å². The molecule has 4 rings (SSSR count). The van der Waals surface area contributed by atoms with Crippen LogP contribution in [-0.2, 0) is 0 Å². The zero-order valence-electron chi connectivity index (χ0n) is 15.1. The van der Waals surface area contributed by atoms with Crippen LogP contribution in [0.1, 0.15) is 0 Å². The van der Waals surface area contributed by atoms with Gasteiger partial charge in [0.1, 0.15) is 5.52 Å². The Hall–Kier alpha value is -2.89. The van der Waals surface area contributed by atoms with E-state index in [1.165, 1.54) is 0 Å². The minimum absolute atomic E-state index is 0.500. The summed E-state index contributed by atoms with van der Waals surface area (Å²) in [4.78, 5) is 6.89. The quantitative estimate of drug-likeness (QED) is 0.332. The van der Waals surface area contributed by atoms with E-state index in [1.54, 1.807) is 22.9 Å². The zero-order chi connectivity index (χ0) is 19.5. The minimum Gasteiger partial charge on any atom is -0.367 e. The Morgan fingerprint density at radius 1 is 1.00 bits per heavy atom. The van der Waals surface area contributed by atoms with Crippen LogP contribution in [0.2, 0.25) is 10.0 Å². The maximum atomic E-state index is 6.35. The molecule has 0 aliphatic rings. The third kappa shape index (κ3) is 3.86. The Kier molecular flexibility index (Phi) is 5.28. The highest BCUT2D eigenvalue weighted by Gasteiger charge is 2.14. The molecule has 0 saturated heterocycles. The molecular formula is C21H17Cl2N5. The van der Waals surface area contributed by atoms with Gasteiger partial charge in [-0.15, -0.1) is 5.10 Å². The van der Waals surface area contributed by atoms with Gasteiger partial charge in [-0.25, -0.2) is 4.99 Å². The van der Waals surface area contributed by atoms with Crippen molar-refractivity contribution in [3.05, 3.63) is 82.8 Å². The summed E-state index contributed by atoms with van der Waals surface area (Å²) >= 11 is 12.5. The molecule has 0 spiro atoms. The molecule has 0 aliphatic carbocycles. The number of fused-ring (bicyclic) bond motifs is 1. The highest BCUT2D eigenvalue weighted by Crippen LogP contribution is 2.29. The van der Waals surface area contributed by atoms with Crippen molar-refractivity contribution in [1.82, 2.24) is 15.0 Å². The summed E-state index contributed by atoms with van der Waals surface area (Å²) in [5, 5.41) is 9.67. The van der Waals surface area contributed by atoms with Crippen LogP contribution in [0.4, 0.5) is 11.4 Å². The van der Waals surface area contributed by atoms with Gasteiger partial charge in [0.25, 0.3) is 0 Å². The van der Waals surface area contributed by atoms with Gasteiger partial charge in [0.15, 0.2) is 5.84 Å². The standard InChI is InChI=1S/C21H17Cl2N5/c1-27(16-7-3-2-4-8-16)14-21(24-19-13-15(22)11-12-17(19)23)28-20-10-6-5-9-18(20)25-26-28/h2-13H,14H2,1H3. The normalized spacial score (nSPS) is 11.8. The Morgan fingerprint density at radius 2 is 1.75 bits per heavy atom. The number of nitrogens with zero attached hydrogens (tertiary/aromatic N) is 5. The number of aliphatic imine (C=N–C) groups is 1. The lowest BCUT2D eigenvalue weighted by Crippen LogP contribution is -2.30. The SMILES string of the molecule is CN(CC(=Nc1cc(Cl)ccc1Cl)n1nnc2ccccc21)c1ccccc1. The number of hydrogen-bond donors (Lipinski definition) is 0. The molecule has 0 atom stereocenters. The molecule has 0 bridgehead atoms. The van der Waals surface area contributed by atoms with E-state index in [0.717, 1.165) is 16.7 Å². The largest absolute Gasteiger partial charge is 0.367 e. The summed E-state index contributed by atoms with van der Waals surface area (Å²) in [5.74, 6) is 0.684. The molecule has 0 N–H and O–H groups in total. The van der Waals surface area contributed by atoms with Crippen molar-refractivity contribution in [3.8, 4) is 0 Å². The number of rotatable bonds is 4. The summed E-state index contributed by atoms with van der Waals surface area (Å²) in [6.45, 7) is 0.500. The van der Waals surface area contributed by atoms with Gasteiger partial charge in [-0.05, 0) is 42.5 Å². The molecule has 1 aromatic heterocycles. The maximum Gasteiger partial charge on any atom is 0.152 e. The monoisotopic (exact) mass is 409 g/mol. The van der Waals surface area contributed by atoms with E-state index in [1.807, 2.05) is 61.6 Å². The number of halogens is 2. The third-order valence-electron chi connectivity index (χ3n) is 4.33. The molecule has 3 aromatic carbocycles. The van der Waals surface area contributed by atoms with Crippen LogP contribution >= 0.6 is 23.2 Å². The van der Waals surface area contributed by atoms with E-state index in [0.29, 0.717) is 28.1 Å². The highest BCUT2D eigenvalue weighted by molar-refractivity contribution is 6.35. The smallest absolute Gasteiger partial charge is 0.152 e. The van der Waals surface area contributed by atoms with E-state index in [2.05, 4.69) is 15.2 Å². The van der Waals surface area contributed by atoms with Gasteiger partial charge in [-0.2, -0.15) is 4.68 Å². The second kappa shape index (κ2) is 8.00. The Labute approximate surface area is 172 Å². The van der Waals surface area contributed by atoms with Crippen LogP contribution < -0.4 is 4.90 Å². The van der Waals surface area contributed by atoms with Gasteiger partial charge >= 0.3 is 0 Å². The Balaban J connectivity index is 1.81. The lowest BCUT2D eigenvalue weighted by atomic mass is 10.3. The van der Waals surface area contributed by atoms with E-state index >= 15 is 0 Å². The van der Waals surface area contributed by atoms with Crippen LogP contribution in [-0.4, -0.2) is 34.4 Å². The molecular weight excluding hydrogens is 393 g/mol.